The fraction of sp³-hybridized carbons (Fsp3) is 0.353. The quantitative estimate of drug-likeness (QED) is 0.621. The summed E-state index contributed by atoms with van der Waals surface area (Å²) in [7, 11) is 1.28. The van der Waals surface area contributed by atoms with Gasteiger partial charge in [-0.2, -0.15) is 0 Å². The molecule has 122 valence electrons. The van der Waals surface area contributed by atoms with Crippen LogP contribution in [0.1, 0.15) is 27.1 Å². The second-order valence-corrected chi connectivity index (χ2v) is 5.21. The lowest BCUT2D eigenvalue weighted by atomic mass is 10.1. The van der Waals surface area contributed by atoms with Crippen molar-refractivity contribution in [2.24, 2.45) is 0 Å². The molecule has 0 radical (unpaired) electrons. The van der Waals surface area contributed by atoms with E-state index in [2.05, 4.69) is 6.58 Å². The second-order valence-electron chi connectivity index (χ2n) is 5.21. The van der Waals surface area contributed by atoms with Crippen molar-refractivity contribution in [2.75, 3.05) is 33.3 Å². The molecule has 1 aromatic rings. The van der Waals surface area contributed by atoms with E-state index in [9.17, 15) is 14.4 Å². The number of nitrogens with zero attached hydrogens (tertiary/aromatic N) is 2. The van der Waals surface area contributed by atoms with Crippen molar-refractivity contribution in [1.82, 2.24) is 9.80 Å². The van der Waals surface area contributed by atoms with Gasteiger partial charge in [-0.05, 0) is 12.1 Å². The van der Waals surface area contributed by atoms with E-state index in [0.29, 0.717) is 31.7 Å². The van der Waals surface area contributed by atoms with Crippen LogP contribution < -0.4 is 0 Å². The molecular weight excluding hydrogens is 296 g/mol. The molecule has 2 amide bonds. The molecule has 0 aromatic heterocycles. The zero-order chi connectivity index (χ0) is 16.8. The van der Waals surface area contributed by atoms with Crippen LogP contribution in [0, 0.1) is 0 Å². The number of rotatable bonds is 4. The van der Waals surface area contributed by atoms with Gasteiger partial charge in [0, 0.05) is 32.6 Å². The van der Waals surface area contributed by atoms with Gasteiger partial charge in [-0.1, -0.05) is 18.2 Å². The number of hydrogen-bond donors (Lipinski definition) is 0. The Hall–Kier alpha value is -2.63. The summed E-state index contributed by atoms with van der Waals surface area (Å²) in [5, 5.41) is 0. The zero-order valence-corrected chi connectivity index (χ0v) is 13.2. The summed E-state index contributed by atoms with van der Waals surface area (Å²) < 4.78 is 4.72. The van der Waals surface area contributed by atoms with Gasteiger partial charge in [0.05, 0.1) is 18.2 Å². The SMILES string of the molecule is C=CCN1CCN(C(=O)c2ccccc2C(=O)OC)CCC1=O. The summed E-state index contributed by atoms with van der Waals surface area (Å²) in [6, 6.07) is 6.54. The molecule has 1 aromatic carbocycles. The summed E-state index contributed by atoms with van der Waals surface area (Å²) in [5.74, 6) is -0.811. The Balaban J connectivity index is 2.19. The van der Waals surface area contributed by atoms with Crippen LogP contribution in [0.3, 0.4) is 0 Å². The van der Waals surface area contributed by atoms with Crippen LogP contribution >= 0.6 is 0 Å². The third-order valence-corrected chi connectivity index (χ3v) is 3.79. The van der Waals surface area contributed by atoms with E-state index in [1.807, 2.05) is 0 Å². The molecule has 0 saturated carbocycles. The van der Waals surface area contributed by atoms with Crippen LogP contribution in [0.5, 0.6) is 0 Å². The van der Waals surface area contributed by atoms with Crippen molar-refractivity contribution < 1.29 is 19.1 Å². The summed E-state index contributed by atoms with van der Waals surface area (Å²) in [5.41, 5.74) is 0.530. The zero-order valence-electron chi connectivity index (χ0n) is 13.2. The van der Waals surface area contributed by atoms with Crippen molar-refractivity contribution in [3.63, 3.8) is 0 Å². The number of ether oxygens (including phenoxy) is 1. The van der Waals surface area contributed by atoms with Crippen LogP contribution in [0.4, 0.5) is 0 Å². The minimum absolute atomic E-state index is 0.00135. The fourth-order valence-electron chi connectivity index (χ4n) is 2.55. The third kappa shape index (κ3) is 3.77. The molecule has 23 heavy (non-hydrogen) atoms. The number of benzene rings is 1. The van der Waals surface area contributed by atoms with Crippen LogP contribution in [-0.2, 0) is 9.53 Å². The largest absolute Gasteiger partial charge is 0.465 e. The first-order valence-corrected chi connectivity index (χ1v) is 7.43. The maximum atomic E-state index is 12.7. The topological polar surface area (TPSA) is 66.9 Å². The average Bonchev–Trinajstić information content (AvgIpc) is 2.76. The fourth-order valence-corrected chi connectivity index (χ4v) is 2.55. The van der Waals surface area contributed by atoms with Crippen LogP contribution in [-0.4, -0.2) is 60.9 Å². The summed E-state index contributed by atoms with van der Waals surface area (Å²) in [4.78, 5) is 39.8. The molecule has 1 heterocycles. The number of methoxy groups -OCH3 is 1. The van der Waals surface area contributed by atoms with Gasteiger partial charge in [-0.15, -0.1) is 6.58 Å². The molecule has 1 fully saturated rings. The van der Waals surface area contributed by atoms with E-state index in [1.165, 1.54) is 7.11 Å². The maximum absolute atomic E-state index is 12.7. The van der Waals surface area contributed by atoms with Crippen molar-refractivity contribution in [2.45, 2.75) is 6.42 Å². The van der Waals surface area contributed by atoms with Gasteiger partial charge in [-0.25, -0.2) is 4.79 Å². The lowest BCUT2D eigenvalue weighted by molar-refractivity contribution is -0.129. The second kappa shape index (κ2) is 7.58. The van der Waals surface area contributed by atoms with E-state index < -0.39 is 5.97 Å². The highest BCUT2D eigenvalue weighted by atomic mass is 16.5. The first kappa shape index (κ1) is 16.7. The van der Waals surface area contributed by atoms with E-state index in [1.54, 1.807) is 40.1 Å². The summed E-state index contributed by atoms with van der Waals surface area (Å²) in [6.45, 7) is 5.32. The third-order valence-electron chi connectivity index (χ3n) is 3.79. The van der Waals surface area contributed by atoms with Gasteiger partial charge in [0.1, 0.15) is 0 Å². The predicted molar refractivity (Wildman–Crippen MR) is 85.1 cm³/mol. The van der Waals surface area contributed by atoms with Gasteiger partial charge in [-0.3, -0.25) is 9.59 Å². The van der Waals surface area contributed by atoms with Crippen molar-refractivity contribution in [1.29, 1.82) is 0 Å². The number of amides is 2. The average molecular weight is 316 g/mol. The smallest absolute Gasteiger partial charge is 0.338 e. The number of hydrogen-bond acceptors (Lipinski definition) is 4. The van der Waals surface area contributed by atoms with Crippen molar-refractivity contribution >= 4 is 17.8 Å². The highest BCUT2D eigenvalue weighted by molar-refractivity contribution is 6.05. The molecule has 1 saturated heterocycles. The van der Waals surface area contributed by atoms with Gasteiger partial charge in [0.25, 0.3) is 5.91 Å². The first-order valence-electron chi connectivity index (χ1n) is 7.43. The van der Waals surface area contributed by atoms with Gasteiger partial charge < -0.3 is 14.5 Å². The lowest BCUT2D eigenvalue weighted by Gasteiger charge is -2.22. The Morgan fingerprint density at radius 1 is 1.22 bits per heavy atom. The standard InChI is InChI=1S/C17H20N2O4/c1-3-9-18-11-12-19(10-8-15(18)20)16(21)13-6-4-5-7-14(13)17(22)23-2/h3-7H,1,8-12H2,2H3. The van der Waals surface area contributed by atoms with E-state index >= 15 is 0 Å². The normalized spacial score (nSPS) is 15.1. The summed E-state index contributed by atoms with van der Waals surface area (Å²) in [6.07, 6.45) is 1.93. The molecule has 6 heteroatoms. The highest BCUT2D eigenvalue weighted by Crippen LogP contribution is 2.15. The Labute approximate surface area is 135 Å². The Bertz CT molecular complexity index is 627. The summed E-state index contributed by atoms with van der Waals surface area (Å²) >= 11 is 0. The van der Waals surface area contributed by atoms with E-state index in [4.69, 9.17) is 4.74 Å². The molecule has 0 unspecified atom stereocenters. The molecule has 0 spiro atoms. The Kier molecular flexibility index (Phi) is 5.51. The predicted octanol–water partition coefficient (Wildman–Crippen LogP) is 1.33. The lowest BCUT2D eigenvalue weighted by Crippen LogP contribution is -2.36. The molecule has 6 nitrogen and oxygen atoms in total. The molecule has 1 aliphatic heterocycles. The van der Waals surface area contributed by atoms with E-state index in [-0.39, 0.29) is 23.8 Å². The van der Waals surface area contributed by atoms with Crippen LogP contribution in [0.2, 0.25) is 0 Å². The van der Waals surface area contributed by atoms with Gasteiger partial charge in [0.15, 0.2) is 0 Å². The van der Waals surface area contributed by atoms with Gasteiger partial charge in [0.2, 0.25) is 5.91 Å². The molecule has 0 N–H and O–H groups in total. The highest BCUT2D eigenvalue weighted by Gasteiger charge is 2.26. The molecule has 0 bridgehead atoms. The van der Waals surface area contributed by atoms with Crippen LogP contribution in [0.15, 0.2) is 36.9 Å². The minimum Gasteiger partial charge on any atom is -0.465 e. The Morgan fingerprint density at radius 2 is 1.91 bits per heavy atom. The number of esters is 1. The molecule has 1 aliphatic rings. The van der Waals surface area contributed by atoms with Crippen molar-refractivity contribution in [3.8, 4) is 0 Å². The maximum Gasteiger partial charge on any atom is 0.338 e. The van der Waals surface area contributed by atoms with Gasteiger partial charge >= 0.3 is 5.97 Å². The van der Waals surface area contributed by atoms with Crippen molar-refractivity contribution in [3.05, 3.63) is 48.0 Å². The molecular formula is C17H20N2O4. The van der Waals surface area contributed by atoms with E-state index in [0.717, 1.165) is 0 Å². The Morgan fingerprint density at radius 3 is 2.57 bits per heavy atom. The van der Waals surface area contributed by atoms with Crippen LogP contribution in [0.25, 0.3) is 0 Å². The minimum atomic E-state index is -0.548. The first-order chi connectivity index (χ1) is 11.1. The molecule has 0 atom stereocenters. The number of carbonyl (C=O) groups excluding carboxylic acids is 3. The molecule has 0 aliphatic carbocycles. The molecule has 2 rings (SSSR count). The monoisotopic (exact) mass is 316 g/mol. The number of carbonyl (C=O) groups is 3.